The second-order valence-electron chi connectivity index (χ2n) is 7.44. The molecule has 1 N–H and O–H groups in total. The topological polar surface area (TPSA) is 69.7 Å². The van der Waals surface area contributed by atoms with Crippen LogP contribution < -0.4 is 5.32 Å². The Morgan fingerprint density at radius 3 is 2.37 bits per heavy atom. The van der Waals surface area contributed by atoms with Gasteiger partial charge in [0, 0.05) is 50.9 Å². The lowest BCUT2D eigenvalue weighted by molar-refractivity contribution is -0.116. The van der Waals surface area contributed by atoms with Crippen LogP contribution in [0, 0.1) is 25.5 Å². The van der Waals surface area contributed by atoms with Crippen molar-refractivity contribution in [1.82, 2.24) is 9.21 Å². The van der Waals surface area contributed by atoms with Crippen LogP contribution in [0.5, 0.6) is 0 Å². The molecule has 3 rings (SSSR count). The third-order valence-electron chi connectivity index (χ3n) is 5.15. The molecule has 2 aromatic rings. The number of nitrogens with zero attached hydrogens (tertiary/aromatic N) is 2. The number of aryl methyl sites for hydroxylation is 2. The number of hydrogen-bond donors (Lipinski definition) is 1. The van der Waals surface area contributed by atoms with Crippen LogP contribution in [0.4, 0.5) is 14.5 Å². The number of benzene rings is 2. The standard InChI is InChI=1S/C21H25F2N3O3S/c1-15-3-4-16(2)20(13-15)30(28,29)26-11-9-25(10-12-26)8-7-21(27)24-17-5-6-18(22)19(23)14-17/h3-6,13-14H,7-12H2,1-2H3,(H,24,27). The zero-order valence-corrected chi connectivity index (χ0v) is 17.8. The lowest BCUT2D eigenvalue weighted by Gasteiger charge is -2.34. The van der Waals surface area contributed by atoms with Gasteiger partial charge in [-0.05, 0) is 43.2 Å². The summed E-state index contributed by atoms with van der Waals surface area (Å²) in [5, 5.41) is 2.54. The van der Waals surface area contributed by atoms with Gasteiger partial charge in [-0.15, -0.1) is 0 Å². The predicted molar refractivity (Wildman–Crippen MR) is 111 cm³/mol. The van der Waals surface area contributed by atoms with E-state index in [1.54, 1.807) is 13.0 Å². The first kappa shape index (κ1) is 22.3. The van der Waals surface area contributed by atoms with Crippen LogP contribution in [-0.2, 0) is 14.8 Å². The van der Waals surface area contributed by atoms with Gasteiger partial charge < -0.3 is 10.2 Å². The monoisotopic (exact) mass is 437 g/mol. The van der Waals surface area contributed by atoms with E-state index in [1.165, 1.54) is 10.4 Å². The molecule has 0 aliphatic carbocycles. The van der Waals surface area contributed by atoms with Crippen molar-refractivity contribution in [2.24, 2.45) is 0 Å². The molecule has 1 fully saturated rings. The number of sulfonamides is 1. The Kier molecular flexibility index (Phi) is 6.84. The third-order valence-corrected chi connectivity index (χ3v) is 7.19. The summed E-state index contributed by atoms with van der Waals surface area (Å²) in [5.41, 5.74) is 1.81. The van der Waals surface area contributed by atoms with Crippen LogP contribution in [0.3, 0.4) is 0 Å². The average molecular weight is 438 g/mol. The van der Waals surface area contributed by atoms with Gasteiger partial charge in [-0.25, -0.2) is 17.2 Å². The highest BCUT2D eigenvalue weighted by atomic mass is 32.2. The van der Waals surface area contributed by atoms with Gasteiger partial charge in [0.1, 0.15) is 0 Å². The van der Waals surface area contributed by atoms with Gasteiger partial charge in [-0.3, -0.25) is 4.79 Å². The molecule has 1 amide bonds. The number of anilines is 1. The van der Waals surface area contributed by atoms with Crippen LogP contribution >= 0.6 is 0 Å². The van der Waals surface area contributed by atoms with Crippen LogP contribution in [0.1, 0.15) is 17.5 Å². The quantitative estimate of drug-likeness (QED) is 0.755. The number of nitrogens with one attached hydrogen (secondary N) is 1. The predicted octanol–water partition coefficient (Wildman–Crippen LogP) is 2.92. The molecular formula is C21H25F2N3O3S. The molecule has 2 aromatic carbocycles. The van der Waals surface area contributed by atoms with E-state index in [0.717, 1.165) is 23.3 Å². The Morgan fingerprint density at radius 2 is 1.70 bits per heavy atom. The van der Waals surface area contributed by atoms with E-state index < -0.39 is 21.7 Å². The number of carbonyl (C=O) groups is 1. The van der Waals surface area contributed by atoms with E-state index in [-0.39, 0.29) is 18.0 Å². The Labute approximate surface area is 175 Å². The fourth-order valence-electron chi connectivity index (χ4n) is 3.37. The summed E-state index contributed by atoms with van der Waals surface area (Å²) in [4.78, 5) is 14.4. The van der Waals surface area contributed by atoms with Crippen molar-refractivity contribution >= 4 is 21.6 Å². The van der Waals surface area contributed by atoms with Gasteiger partial charge in [0.05, 0.1) is 4.90 Å². The van der Waals surface area contributed by atoms with Gasteiger partial charge >= 0.3 is 0 Å². The molecule has 0 atom stereocenters. The second-order valence-corrected chi connectivity index (χ2v) is 9.35. The van der Waals surface area contributed by atoms with E-state index in [1.807, 2.05) is 24.0 Å². The van der Waals surface area contributed by atoms with Crippen LogP contribution in [-0.4, -0.2) is 56.3 Å². The molecule has 0 radical (unpaired) electrons. The molecule has 0 spiro atoms. The van der Waals surface area contributed by atoms with Gasteiger partial charge in [-0.2, -0.15) is 4.31 Å². The molecule has 162 valence electrons. The molecule has 0 aromatic heterocycles. The summed E-state index contributed by atoms with van der Waals surface area (Å²) < 4.78 is 53.6. The molecule has 0 bridgehead atoms. The number of hydrogen-bond acceptors (Lipinski definition) is 4. The fourth-order valence-corrected chi connectivity index (χ4v) is 5.11. The molecule has 6 nitrogen and oxygen atoms in total. The number of rotatable bonds is 6. The lowest BCUT2D eigenvalue weighted by atomic mass is 10.2. The van der Waals surface area contributed by atoms with E-state index in [4.69, 9.17) is 0 Å². The smallest absolute Gasteiger partial charge is 0.243 e. The largest absolute Gasteiger partial charge is 0.326 e. The molecule has 0 saturated carbocycles. The van der Waals surface area contributed by atoms with E-state index in [0.29, 0.717) is 37.6 Å². The summed E-state index contributed by atoms with van der Waals surface area (Å²) in [6.45, 7) is 5.83. The van der Waals surface area contributed by atoms with Crippen molar-refractivity contribution in [3.05, 3.63) is 59.2 Å². The van der Waals surface area contributed by atoms with Gasteiger partial charge in [0.2, 0.25) is 15.9 Å². The highest BCUT2D eigenvalue weighted by Crippen LogP contribution is 2.22. The SMILES string of the molecule is Cc1ccc(C)c(S(=O)(=O)N2CCN(CCC(=O)Nc3ccc(F)c(F)c3)CC2)c1. The maximum atomic E-state index is 13.2. The van der Waals surface area contributed by atoms with Gasteiger partial charge in [-0.1, -0.05) is 12.1 Å². The van der Waals surface area contributed by atoms with E-state index >= 15 is 0 Å². The molecule has 1 saturated heterocycles. The van der Waals surface area contributed by atoms with Crippen LogP contribution in [0.15, 0.2) is 41.3 Å². The normalized spacial score (nSPS) is 15.9. The zero-order chi connectivity index (χ0) is 21.9. The Balaban J connectivity index is 1.51. The molecule has 9 heteroatoms. The van der Waals surface area contributed by atoms with Crippen molar-refractivity contribution in [2.45, 2.75) is 25.2 Å². The summed E-state index contributed by atoms with van der Waals surface area (Å²) in [5.74, 6) is -2.30. The molecule has 1 aliphatic heterocycles. The number of halogens is 2. The van der Waals surface area contributed by atoms with Crippen LogP contribution in [0.2, 0.25) is 0 Å². The summed E-state index contributed by atoms with van der Waals surface area (Å²) in [7, 11) is -3.56. The molecule has 0 unspecified atom stereocenters. The van der Waals surface area contributed by atoms with E-state index in [9.17, 15) is 22.0 Å². The summed E-state index contributed by atoms with van der Waals surface area (Å²) in [6, 6.07) is 8.58. The van der Waals surface area contributed by atoms with Crippen molar-refractivity contribution in [3.8, 4) is 0 Å². The number of carbonyl (C=O) groups excluding carboxylic acids is 1. The third kappa shape index (κ3) is 5.21. The van der Waals surface area contributed by atoms with Crippen molar-refractivity contribution < 1.29 is 22.0 Å². The maximum absolute atomic E-state index is 13.2. The van der Waals surface area contributed by atoms with Crippen LogP contribution in [0.25, 0.3) is 0 Å². The van der Waals surface area contributed by atoms with Crippen molar-refractivity contribution in [2.75, 3.05) is 38.0 Å². The van der Waals surface area contributed by atoms with Crippen molar-refractivity contribution in [1.29, 1.82) is 0 Å². The minimum atomic E-state index is -3.56. The lowest BCUT2D eigenvalue weighted by Crippen LogP contribution is -2.49. The minimum Gasteiger partial charge on any atom is -0.326 e. The second kappa shape index (κ2) is 9.20. The first-order chi connectivity index (χ1) is 14.2. The van der Waals surface area contributed by atoms with Crippen molar-refractivity contribution in [3.63, 3.8) is 0 Å². The molecular weight excluding hydrogens is 412 g/mol. The highest BCUT2D eigenvalue weighted by molar-refractivity contribution is 7.89. The average Bonchev–Trinajstić information content (AvgIpc) is 2.71. The summed E-state index contributed by atoms with van der Waals surface area (Å²) >= 11 is 0. The molecule has 30 heavy (non-hydrogen) atoms. The van der Waals surface area contributed by atoms with E-state index in [2.05, 4.69) is 5.32 Å². The minimum absolute atomic E-state index is 0.169. The Bertz CT molecular complexity index is 1040. The maximum Gasteiger partial charge on any atom is 0.243 e. The van der Waals surface area contributed by atoms with Gasteiger partial charge in [0.25, 0.3) is 0 Å². The molecule has 1 aliphatic rings. The molecule has 1 heterocycles. The Morgan fingerprint density at radius 1 is 1.00 bits per heavy atom. The first-order valence-electron chi connectivity index (χ1n) is 9.71. The highest BCUT2D eigenvalue weighted by Gasteiger charge is 2.29. The number of piperazine rings is 1. The first-order valence-corrected chi connectivity index (χ1v) is 11.2. The summed E-state index contributed by atoms with van der Waals surface area (Å²) in [6.07, 6.45) is 0.169. The van der Waals surface area contributed by atoms with Gasteiger partial charge in [0.15, 0.2) is 11.6 Å². The fraction of sp³-hybridized carbons (Fsp3) is 0.381. The zero-order valence-electron chi connectivity index (χ0n) is 17.0. The Hall–Kier alpha value is -2.36. The number of amides is 1.